The Hall–Kier alpha value is -2.90. The molecule has 0 aliphatic carbocycles. The minimum absolute atomic E-state index is 0.0467. The topological polar surface area (TPSA) is 90.7 Å². The molecule has 28 heavy (non-hydrogen) atoms. The third kappa shape index (κ3) is 5.09. The number of hydrazine groups is 1. The lowest BCUT2D eigenvalue weighted by molar-refractivity contribution is 0.0953. The molecule has 0 bridgehead atoms. The Morgan fingerprint density at radius 2 is 1.79 bits per heavy atom. The zero-order valence-electron chi connectivity index (χ0n) is 16.1. The minimum atomic E-state index is -0.315. The van der Waals surface area contributed by atoms with Crippen molar-refractivity contribution >= 4 is 17.6 Å². The molecule has 148 valence electrons. The normalized spacial score (nSPS) is 17.6. The summed E-state index contributed by atoms with van der Waals surface area (Å²) in [5, 5.41) is 3.00. The van der Waals surface area contributed by atoms with E-state index >= 15 is 0 Å². The van der Waals surface area contributed by atoms with Gasteiger partial charge < -0.3 is 15.1 Å². The van der Waals surface area contributed by atoms with Gasteiger partial charge in [0.2, 0.25) is 0 Å². The third-order valence-electron chi connectivity index (χ3n) is 5.01. The highest BCUT2D eigenvalue weighted by Crippen LogP contribution is 2.17. The van der Waals surface area contributed by atoms with Crippen LogP contribution in [0.4, 0.5) is 10.5 Å². The molecule has 1 heterocycles. The molecule has 1 atom stereocenters. The van der Waals surface area contributed by atoms with E-state index in [4.69, 9.17) is 5.84 Å². The summed E-state index contributed by atoms with van der Waals surface area (Å²) in [5.74, 6) is 4.87. The lowest BCUT2D eigenvalue weighted by Crippen LogP contribution is -2.47. The number of amides is 3. The zero-order valence-corrected chi connectivity index (χ0v) is 16.1. The summed E-state index contributed by atoms with van der Waals surface area (Å²) in [6.45, 7) is 2.47. The van der Waals surface area contributed by atoms with Gasteiger partial charge in [-0.25, -0.2) is 10.6 Å². The number of anilines is 1. The molecule has 1 saturated heterocycles. The van der Waals surface area contributed by atoms with Gasteiger partial charge in [-0.05, 0) is 56.3 Å². The molecular weight excluding hydrogens is 354 g/mol. The summed E-state index contributed by atoms with van der Waals surface area (Å²) >= 11 is 0. The van der Waals surface area contributed by atoms with Gasteiger partial charge in [0.05, 0.1) is 6.04 Å². The van der Waals surface area contributed by atoms with E-state index < -0.39 is 0 Å². The van der Waals surface area contributed by atoms with Gasteiger partial charge in [0.15, 0.2) is 0 Å². The van der Waals surface area contributed by atoms with Crippen molar-refractivity contribution in [1.82, 2.24) is 15.2 Å². The van der Waals surface area contributed by atoms with Crippen LogP contribution in [0.25, 0.3) is 0 Å². The molecule has 0 radical (unpaired) electrons. The maximum atomic E-state index is 12.9. The van der Waals surface area contributed by atoms with Crippen molar-refractivity contribution in [1.29, 1.82) is 0 Å². The summed E-state index contributed by atoms with van der Waals surface area (Å²) in [4.78, 5) is 28.7. The number of urea groups is 1. The first-order valence-corrected chi connectivity index (χ1v) is 9.48. The van der Waals surface area contributed by atoms with E-state index in [-0.39, 0.29) is 18.0 Å². The molecule has 0 saturated carbocycles. The number of hydrogen-bond acceptors (Lipinski definition) is 4. The van der Waals surface area contributed by atoms with Gasteiger partial charge in [-0.1, -0.05) is 30.3 Å². The molecule has 3 amide bonds. The first-order chi connectivity index (χ1) is 13.6. The van der Waals surface area contributed by atoms with Crippen molar-refractivity contribution in [2.45, 2.75) is 18.9 Å². The van der Waals surface area contributed by atoms with Crippen LogP contribution in [0.2, 0.25) is 0 Å². The van der Waals surface area contributed by atoms with E-state index in [1.165, 1.54) is 0 Å². The molecule has 0 spiro atoms. The summed E-state index contributed by atoms with van der Waals surface area (Å²) in [5.41, 5.74) is 4.52. The summed E-state index contributed by atoms with van der Waals surface area (Å²) in [6.07, 6.45) is 1.65. The Morgan fingerprint density at radius 3 is 2.46 bits per heavy atom. The Kier molecular flexibility index (Phi) is 6.62. The average Bonchev–Trinajstić information content (AvgIpc) is 2.89. The molecule has 7 heteroatoms. The van der Waals surface area contributed by atoms with Crippen LogP contribution in [0.15, 0.2) is 54.6 Å². The molecule has 2 aromatic carbocycles. The number of para-hydroxylation sites is 1. The number of nitrogen functional groups attached to an aromatic ring is 1. The van der Waals surface area contributed by atoms with Crippen LogP contribution in [0.1, 0.15) is 22.3 Å². The number of nitrogens with zero attached hydrogens (tertiary/aromatic N) is 2. The minimum Gasteiger partial charge on any atom is -0.320 e. The molecule has 1 unspecified atom stereocenters. The fraction of sp³-hybridized carbons (Fsp3) is 0.333. The second-order valence-corrected chi connectivity index (χ2v) is 7.13. The fourth-order valence-corrected chi connectivity index (χ4v) is 3.55. The van der Waals surface area contributed by atoms with Gasteiger partial charge in [0, 0.05) is 24.3 Å². The Labute approximate surface area is 165 Å². The van der Waals surface area contributed by atoms with Crippen molar-refractivity contribution in [3.63, 3.8) is 0 Å². The van der Waals surface area contributed by atoms with Gasteiger partial charge in [0.25, 0.3) is 5.91 Å². The number of benzene rings is 2. The van der Waals surface area contributed by atoms with E-state index in [0.717, 1.165) is 37.2 Å². The van der Waals surface area contributed by atoms with E-state index in [1.54, 1.807) is 12.1 Å². The molecule has 1 aliphatic rings. The summed E-state index contributed by atoms with van der Waals surface area (Å²) in [6, 6.07) is 16.8. The highest BCUT2D eigenvalue weighted by atomic mass is 16.2. The number of carbonyl (C=O) groups excluding carboxylic acids is 2. The number of likely N-dealkylation sites (N-methyl/N-ethyl adjacent to an activating group) is 1. The van der Waals surface area contributed by atoms with Gasteiger partial charge in [-0.15, -0.1) is 0 Å². The van der Waals surface area contributed by atoms with Gasteiger partial charge in [0.1, 0.15) is 0 Å². The maximum Gasteiger partial charge on any atom is 0.322 e. The molecule has 1 fully saturated rings. The van der Waals surface area contributed by atoms with Crippen LogP contribution in [0, 0.1) is 0 Å². The molecule has 0 aromatic heterocycles. The largest absolute Gasteiger partial charge is 0.322 e. The summed E-state index contributed by atoms with van der Waals surface area (Å²) in [7, 11) is 2.08. The SMILES string of the molecule is CN1CCCN(C(=O)Nc2ccccc2)C(Cc2ccc(C(=O)NN)cc2)C1. The first-order valence-electron chi connectivity index (χ1n) is 9.48. The van der Waals surface area contributed by atoms with Gasteiger partial charge in [-0.3, -0.25) is 10.2 Å². The zero-order chi connectivity index (χ0) is 19.9. The Balaban J connectivity index is 1.74. The maximum absolute atomic E-state index is 12.9. The van der Waals surface area contributed by atoms with Gasteiger partial charge >= 0.3 is 6.03 Å². The van der Waals surface area contributed by atoms with Crippen molar-refractivity contribution in [3.8, 4) is 0 Å². The fourth-order valence-electron chi connectivity index (χ4n) is 3.55. The van der Waals surface area contributed by atoms with E-state index in [0.29, 0.717) is 12.1 Å². The number of nitrogens with two attached hydrogens (primary N) is 1. The van der Waals surface area contributed by atoms with Crippen molar-refractivity contribution < 1.29 is 9.59 Å². The predicted molar refractivity (Wildman–Crippen MR) is 110 cm³/mol. The Morgan fingerprint density at radius 1 is 1.07 bits per heavy atom. The lowest BCUT2D eigenvalue weighted by Gasteiger charge is -2.31. The van der Waals surface area contributed by atoms with Crippen LogP contribution in [-0.4, -0.2) is 54.5 Å². The number of hydrogen-bond donors (Lipinski definition) is 3. The molecule has 7 nitrogen and oxygen atoms in total. The van der Waals surface area contributed by atoms with Gasteiger partial charge in [-0.2, -0.15) is 0 Å². The van der Waals surface area contributed by atoms with Crippen molar-refractivity contribution in [2.24, 2.45) is 5.84 Å². The molecule has 4 N–H and O–H groups in total. The highest BCUT2D eigenvalue weighted by Gasteiger charge is 2.27. The van der Waals surface area contributed by atoms with Crippen LogP contribution in [0.3, 0.4) is 0 Å². The second kappa shape index (κ2) is 9.34. The summed E-state index contributed by atoms with van der Waals surface area (Å²) < 4.78 is 0. The molecular formula is C21H27N5O2. The van der Waals surface area contributed by atoms with E-state index in [2.05, 4.69) is 22.7 Å². The van der Waals surface area contributed by atoms with Crippen LogP contribution < -0.4 is 16.6 Å². The molecule has 1 aliphatic heterocycles. The highest BCUT2D eigenvalue weighted by molar-refractivity contribution is 5.93. The number of rotatable bonds is 4. The predicted octanol–water partition coefficient (Wildman–Crippen LogP) is 2.07. The monoisotopic (exact) mass is 381 g/mol. The first kappa shape index (κ1) is 19.9. The quantitative estimate of drug-likeness (QED) is 0.430. The van der Waals surface area contributed by atoms with Crippen molar-refractivity contribution in [3.05, 3.63) is 65.7 Å². The van der Waals surface area contributed by atoms with Crippen LogP contribution in [-0.2, 0) is 6.42 Å². The smallest absolute Gasteiger partial charge is 0.320 e. The third-order valence-corrected chi connectivity index (χ3v) is 5.01. The Bertz CT molecular complexity index is 794. The van der Waals surface area contributed by atoms with E-state index in [9.17, 15) is 9.59 Å². The van der Waals surface area contributed by atoms with Crippen molar-refractivity contribution in [2.75, 3.05) is 32.0 Å². The lowest BCUT2D eigenvalue weighted by atomic mass is 10.0. The standard InChI is InChI=1S/C21H27N5O2/c1-25-12-5-13-26(21(28)23-18-6-3-2-4-7-18)19(15-25)14-16-8-10-17(11-9-16)20(27)24-22/h2-4,6-11,19H,5,12-15,22H2,1H3,(H,23,28)(H,24,27). The van der Waals surface area contributed by atoms with E-state index in [1.807, 2.05) is 47.4 Å². The second-order valence-electron chi connectivity index (χ2n) is 7.13. The number of carbonyl (C=O) groups is 2. The molecule has 3 rings (SSSR count). The number of nitrogens with one attached hydrogen (secondary N) is 2. The molecule has 2 aromatic rings. The van der Waals surface area contributed by atoms with Crippen LogP contribution >= 0.6 is 0 Å². The average molecular weight is 381 g/mol. The van der Waals surface area contributed by atoms with Crippen LogP contribution in [0.5, 0.6) is 0 Å².